The van der Waals surface area contributed by atoms with E-state index in [1.165, 1.54) is 6.07 Å². The SMILES string of the molecule is Cc1cccc(Nc2c(Cl)cc(N)cc2C(N)=O)c1Br. The van der Waals surface area contributed by atoms with E-state index in [2.05, 4.69) is 21.2 Å². The summed E-state index contributed by atoms with van der Waals surface area (Å²) < 4.78 is 0.892. The van der Waals surface area contributed by atoms with Gasteiger partial charge in [0.25, 0.3) is 5.91 Å². The Kier molecular flexibility index (Phi) is 4.20. The number of amides is 1. The lowest BCUT2D eigenvalue weighted by Gasteiger charge is -2.15. The van der Waals surface area contributed by atoms with E-state index in [1.807, 2.05) is 25.1 Å². The third-order valence-electron chi connectivity index (χ3n) is 2.83. The van der Waals surface area contributed by atoms with Gasteiger partial charge in [-0.3, -0.25) is 4.79 Å². The maximum absolute atomic E-state index is 11.5. The van der Waals surface area contributed by atoms with Crippen LogP contribution in [0.15, 0.2) is 34.8 Å². The number of benzene rings is 2. The van der Waals surface area contributed by atoms with E-state index in [0.717, 1.165) is 15.7 Å². The molecule has 0 spiro atoms. The lowest BCUT2D eigenvalue weighted by molar-refractivity contribution is 0.100. The van der Waals surface area contributed by atoms with Crippen LogP contribution in [0.3, 0.4) is 0 Å². The number of anilines is 3. The molecule has 0 aliphatic rings. The minimum absolute atomic E-state index is 0.253. The molecule has 0 atom stereocenters. The van der Waals surface area contributed by atoms with E-state index in [9.17, 15) is 4.79 Å². The van der Waals surface area contributed by atoms with Crippen LogP contribution in [0.2, 0.25) is 5.02 Å². The van der Waals surface area contributed by atoms with Crippen molar-refractivity contribution in [3.63, 3.8) is 0 Å². The number of primary amides is 1. The minimum Gasteiger partial charge on any atom is -0.399 e. The van der Waals surface area contributed by atoms with E-state index >= 15 is 0 Å². The Morgan fingerprint density at radius 3 is 2.70 bits per heavy atom. The van der Waals surface area contributed by atoms with Gasteiger partial charge in [0.2, 0.25) is 0 Å². The van der Waals surface area contributed by atoms with Crippen molar-refractivity contribution in [3.8, 4) is 0 Å². The van der Waals surface area contributed by atoms with Gasteiger partial charge < -0.3 is 16.8 Å². The molecule has 20 heavy (non-hydrogen) atoms. The van der Waals surface area contributed by atoms with Gasteiger partial charge in [0.15, 0.2) is 0 Å². The maximum atomic E-state index is 11.5. The first-order chi connectivity index (χ1) is 9.40. The summed E-state index contributed by atoms with van der Waals surface area (Å²) in [6, 6.07) is 8.81. The summed E-state index contributed by atoms with van der Waals surface area (Å²) in [5.41, 5.74) is 14.0. The highest BCUT2D eigenvalue weighted by Gasteiger charge is 2.15. The second kappa shape index (κ2) is 5.73. The van der Waals surface area contributed by atoms with Gasteiger partial charge in [-0.1, -0.05) is 23.7 Å². The van der Waals surface area contributed by atoms with Gasteiger partial charge in [-0.05, 0) is 46.6 Å². The fourth-order valence-corrected chi connectivity index (χ4v) is 2.47. The van der Waals surface area contributed by atoms with Crippen LogP contribution in [-0.4, -0.2) is 5.91 Å². The number of nitrogens with two attached hydrogens (primary N) is 2. The van der Waals surface area contributed by atoms with Crippen LogP contribution in [0.1, 0.15) is 15.9 Å². The number of carbonyl (C=O) groups excluding carboxylic acids is 1. The van der Waals surface area contributed by atoms with Crippen molar-refractivity contribution in [3.05, 3.63) is 51.0 Å². The number of rotatable bonds is 3. The molecule has 0 aliphatic heterocycles. The Hall–Kier alpha value is -1.72. The molecule has 104 valence electrons. The Morgan fingerprint density at radius 2 is 2.05 bits per heavy atom. The number of nitrogen functional groups attached to an aromatic ring is 1. The molecule has 6 heteroatoms. The zero-order valence-corrected chi connectivity index (χ0v) is 13.0. The van der Waals surface area contributed by atoms with Crippen molar-refractivity contribution in [2.75, 3.05) is 11.1 Å². The molecule has 0 fully saturated rings. The van der Waals surface area contributed by atoms with Crippen molar-refractivity contribution in [2.24, 2.45) is 5.73 Å². The zero-order chi connectivity index (χ0) is 14.9. The number of hydrogen-bond acceptors (Lipinski definition) is 3. The van der Waals surface area contributed by atoms with Gasteiger partial charge in [-0.15, -0.1) is 0 Å². The minimum atomic E-state index is -0.592. The standard InChI is InChI=1S/C14H13BrClN3O/c1-7-3-2-4-11(12(7)15)19-13-9(14(18)20)5-8(17)6-10(13)16/h2-6,19H,17H2,1H3,(H2,18,20). The second-order valence-corrected chi connectivity index (χ2v) is 5.55. The molecule has 0 bridgehead atoms. The first-order valence-electron chi connectivity index (χ1n) is 5.81. The lowest BCUT2D eigenvalue weighted by Crippen LogP contribution is -2.14. The number of carbonyl (C=O) groups is 1. The second-order valence-electron chi connectivity index (χ2n) is 4.35. The average Bonchev–Trinajstić information content (AvgIpc) is 2.37. The average molecular weight is 355 g/mol. The molecule has 1 amide bonds. The number of halogens is 2. The predicted octanol–water partition coefficient (Wildman–Crippen LogP) is 3.84. The molecular weight excluding hydrogens is 342 g/mol. The van der Waals surface area contributed by atoms with Crippen molar-refractivity contribution < 1.29 is 4.79 Å². The van der Waals surface area contributed by atoms with Crippen LogP contribution >= 0.6 is 27.5 Å². The van der Waals surface area contributed by atoms with Gasteiger partial charge in [0.1, 0.15) is 0 Å². The molecule has 0 aliphatic carbocycles. The van der Waals surface area contributed by atoms with Crippen molar-refractivity contribution in [1.29, 1.82) is 0 Å². The fraction of sp³-hybridized carbons (Fsp3) is 0.0714. The summed E-state index contributed by atoms with van der Waals surface area (Å²) in [4.78, 5) is 11.5. The summed E-state index contributed by atoms with van der Waals surface area (Å²) in [5.74, 6) is -0.592. The maximum Gasteiger partial charge on any atom is 0.250 e. The van der Waals surface area contributed by atoms with Crippen molar-refractivity contribution >= 4 is 50.5 Å². The monoisotopic (exact) mass is 353 g/mol. The summed E-state index contributed by atoms with van der Waals surface area (Å²) in [6.45, 7) is 1.97. The zero-order valence-electron chi connectivity index (χ0n) is 10.7. The quantitative estimate of drug-likeness (QED) is 0.733. The van der Waals surface area contributed by atoms with Gasteiger partial charge >= 0.3 is 0 Å². The summed E-state index contributed by atoms with van der Waals surface area (Å²) in [6.07, 6.45) is 0. The van der Waals surface area contributed by atoms with E-state index in [1.54, 1.807) is 6.07 Å². The third-order valence-corrected chi connectivity index (χ3v) is 4.18. The summed E-state index contributed by atoms with van der Waals surface area (Å²) in [7, 11) is 0. The molecule has 0 radical (unpaired) electrons. The third kappa shape index (κ3) is 2.89. The lowest BCUT2D eigenvalue weighted by atomic mass is 10.1. The van der Waals surface area contributed by atoms with Gasteiger partial charge in [0, 0.05) is 10.2 Å². The topological polar surface area (TPSA) is 81.1 Å². The number of aryl methyl sites for hydroxylation is 1. The summed E-state index contributed by atoms with van der Waals surface area (Å²) in [5, 5.41) is 3.46. The molecule has 2 aromatic rings. The van der Waals surface area contributed by atoms with E-state index in [0.29, 0.717) is 16.4 Å². The Labute approximate surface area is 130 Å². The molecule has 5 N–H and O–H groups in total. The normalized spacial score (nSPS) is 10.3. The van der Waals surface area contributed by atoms with E-state index in [-0.39, 0.29) is 5.56 Å². The molecule has 0 heterocycles. The van der Waals surface area contributed by atoms with Crippen LogP contribution in [0.25, 0.3) is 0 Å². The number of nitrogens with one attached hydrogen (secondary N) is 1. The Balaban J connectivity index is 2.53. The van der Waals surface area contributed by atoms with Crippen LogP contribution in [0.5, 0.6) is 0 Å². The van der Waals surface area contributed by atoms with E-state index in [4.69, 9.17) is 23.1 Å². The van der Waals surface area contributed by atoms with Crippen LogP contribution in [0.4, 0.5) is 17.1 Å². The highest BCUT2D eigenvalue weighted by atomic mass is 79.9. The molecule has 2 aromatic carbocycles. The van der Waals surface area contributed by atoms with Crippen LogP contribution in [-0.2, 0) is 0 Å². The highest BCUT2D eigenvalue weighted by molar-refractivity contribution is 9.10. The first kappa shape index (κ1) is 14.7. The van der Waals surface area contributed by atoms with E-state index < -0.39 is 5.91 Å². The van der Waals surface area contributed by atoms with Gasteiger partial charge in [0.05, 0.1) is 22.0 Å². The molecule has 2 rings (SSSR count). The van der Waals surface area contributed by atoms with Crippen molar-refractivity contribution in [1.82, 2.24) is 0 Å². The summed E-state index contributed by atoms with van der Waals surface area (Å²) >= 11 is 9.65. The molecule has 0 unspecified atom stereocenters. The molecule has 0 saturated carbocycles. The fourth-order valence-electron chi connectivity index (χ4n) is 1.83. The van der Waals surface area contributed by atoms with Crippen LogP contribution < -0.4 is 16.8 Å². The molecule has 0 saturated heterocycles. The van der Waals surface area contributed by atoms with Gasteiger partial charge in [-0.25, -0.2) is 0 Å². The highest BCUT2D eigenvalue weighted by Crippen LogP contribution is 2.35. The first-order valence-corrected chi connectivity index (χ1v) is 6.98. The number of hydrogen-bond donors (Lipinski definition) is 3. The van der Waals surface area contributed by atoms with Crippen LogP contribution in [0, 0.1) is 6.92 Å². The molecule has 0 aromatic heterocycles. The predicted molar refractivity (Wildman–Crippen MR) is 86.5 cm³/mol. The molecular formula is C14H13BrClN3O. The Bertz CT molecular complexity index is 688. The smallest absolute Gasteiger partial charge is 0.250 e. The largest absolute Gasteiger partial charge is 0.399 e. The van der Waals surface area contributed by atoms with Gasteiger partial charge in [-0.2, -0.15) is 0 Å². The molecule has 4 nitrogen and oxygen atoms in total. The Morgan fingerprint density at radius 1 is 1.35 bits per heavy atom. The van der Waals surface area contributed by atoms with Crippen molar-refractivity contribution in [2.45, 2.75) is 6.92 Å².